The molecule has 0 saturated carbocycles. The molecule has 3 nitrogen and oxygen atoms in total. The van der Waals surface area contributed by atoms with Gasteiger partial charge in [-0.1, -0.05) is 11.6 Å². The highest BCUT2D eigenvalue weighted by Crippen LogP contribution is 2.24. The molecule has 1 aromatic heterocycles. The topological polar surface area (TPSA) is 25.4 Å². The van der Waals surface area contributed by atoms with Crippen molar-refractivity contribution < 1.29 is 4.74 Å². The zero-order chi connectivity index (χ0) is 10.6. The lowest BCUT2D eigenvalue weighted by Crippen LogP contribution is -2.23. The second kappa shape index (κ2) is 5.53. The highest BCUT2D eigenvalue weighted by Gasteiger charge is 2.07. The van der Waals surface area contributed by atoms with Crippen molar-refractivity contribution in [1.29, 1.82) is 0 Å². The van der Waals surface area contributed by atoms with Gasteiger partial charge in [0, 0.05) is 31.4 Å². The number of aromatic nitrogens is 1. The van der Waals surface area contributed by atoms with E-state index in [-0.39, 0.29) is 0 Å². The summed E-state index contributed by atoms with van der Waals surface area (Å²) in [5.41, 5.74) is 0. The summed E-state index contributed by atoms with van der Waals surface area (Å²) in [5, 5.41) is 0.637. The zero-order valence-corrected chi connectivity index (χ0v) is 10.5. The standard InChI is InChI=1S/C9H12BrClN2O/c1-13(3-4-14-2)9-8(11)5-7(10)6-12-9/h5-6H,3-4H2,1-2H3. The van der Waals surface area contributed by atoms with Crippen molar-refractivity contribution in [2.75, 3.05) is 32.2 Å². The first kappa shape index (κ1) is 11.8. The minimum absolute atomic E-state index is 0.637. The molecule has 0 amide bonds. The van der Waals surface area contributed by atoms with Gasteiger partial charge in [0.1, 0.15) is 5.82 Å². The van der Waals surface area contributed by atoms with Gasteiger partial charge in [-0.2, -0.15) is 0 Å². The van der Waals surface area contributed by atoms with E-state index in [0.717, 1.165) is 16.8 Å². The SMILES string of the molecule is COCCN(C)c1ncc(Br)cc1Cl. The summed E-state index contributed by atoms with van der Waals surface area (Å²) in [6.45, 7) is 1.43. The van der Waals surface area contributed by atoms with E-state index in [1.807, 2.05) is 18.0 Å². The molecule has 0 spiro atoms. The van der Waals surface area contributed by atoms with Gasteiger partial charge in [-0.05, 0) is 22.0 Å². The molecule has 0 aromatic carbocycles. The number of ether oxygens (including phenoxy) is 1. The fraction of sp³-hybridized carbons (Fsp3) is 0.444. The number of halogens is 2. The van der Waals surface area contributed by atoms with Gasteiger partial charge in [0.2, 0.25) is 0 Å². The molecule has 0 fully saturated rings. The molecule has 78 valence electrons. The van der Waals surface area contributed by atoms with E-state index in [9.17, 15) is 0 Å². The van der Waals surface area contributed by atoms with Crippen LogP contribution in [0.3, 0.4) is 0 Å². The summed E-state index contributed by atoms with van der Waals surface area (Å²) in [6, 6.07) is 1.83. The maximum Gasteiger partial charge on any atom is 0.147 e. The molecule has 14 heavy (non-hydrogen) atoms. The fourth-order valence-electron chi connectivity index (χ4n) is 1.02. The second-order valence-electron chi connectivity index (χ2n) is 2.87. The summed E-state index contributed by atoms with van der Waals surface area (Å²) in [6.07, 6.45) is 1.73. The molecule has 0 radical (unpaired) electrons. The average molecular weight is 280 g/mol. The Balaban J connectivity index is 2.74. The van der Waals surface area contributed by atoms with Crippen LogP contribution < -0.4 is 4.90 Å². The van der Waals surface area contributed by atoms with Gasteiger partial charge in [-0.3, -0.25) is 0 Å². The Morgan fingerprint density at radius 1 is 1.64 bits per heavy atom. The highest BCUT2D eigenvalue weighted by molar-refractivity contribution is 9.10. The maximum absolute atomic E-state index is 6.03. The predicted molar refractivity (Wildman–Crippen MR) is 62.1 cm³/mol. The van der Waals surface area contributed by atoms with Gasteiger partial charge in [-0.25, -0.2) is 4.98 Å². The molecular weight excluding hydrogens is 267 g/mol. The van der Waals surface area contributed by atoms with Crippen LogP contribution in [0, 0.1) is 0 Å². The van der Waals surface area contributed by atoms with Gasteiger partial charge in [0.25, 0.3) is 0 Å². The van der Waals surface area contributed by atoms with Crippen LogP contribution in [-0.2, 0) is 4.74 Å². The molecule has 0 aliphatic rings. The first-order chi connectivity index (χ1) is 6.65. The molecule has 5 heteroatoms. The van der Waals surface area contributed by atoms with Crippen molar-refractivity contribution in [2.45, 2.75) is 0 Å². The quantitative estimate of drug-likeness (QED) is 0.847. The summed E-state index contributed by atoms with van der Waals surface area (Å²) < 4.78 is 5.86. The normalized spacial score (nSPS) is 10.3. The van der Waals surface area contributed by atoms with Crippen LogP contribution in [0.2, 0.25) is 5.02 Å². The van der Waals surface area contributed by atoms with Gasteiger partial charge >= 0.3 is 0 Å². The van der Waals surface area contributed by atoms with Crippen molar-refractivity contribution in [1.82, 2.24) is 4.98 Å². The summed E-state index contributed by atoms with van der Waals surface area (Å²) in [7, 11) is 3.60. The average Bonchev–Trinajstić information content (AvgIpc) is 2.14. The molecule has 0 bridgehead atoms. The monoisotopic (exact) mass is 278 g/mol. The molecule has 0 unspecified atom stereocenters. The summed E-state index contributed by atoms with van der Waals surface area (Å²) in [5.74, 6) is 0.770. The minimum atomic E-state index is 0.637. The molecule has 1 aromatic rings. The first-order valence-electron chi connectivity index (χ1n) is 4.16. The Kier molecular flexibility index (Phi) is 4.65. The number of hydrogen-bond acceptors (Lipinski definition) is 3. The van der Waals surface area contributed by atoms with Gasteiger partial charge in [0.15, 0.2) is 0 Å². The van der Waals surface area contributed by atoms with Crippen molar-refractivity contribution in [3.05, 3.63) is 21.8 Å². The fourth-order valence-corrected chi connectivity index (χ4v) is 1.80. The van der Waals surface area contributed by atoms with Crippen LogP contribution in [0.4, 0.5) is 5.82 Å². The Labute approximate surface area is 97.2 Å². The van der Waals surface area contributed by atoms with E-state index < -0.39 is 0 Å². The van der Waals surface area contributed by atoms with Crippen LogP contribution in [0.1, 0.15) is 0 Å². The maximum atomic E-state index is 6.03. The summed E-state index contributed by atoms with van der Waals surface area (Å²) >= 11 is 9.34. The second-order valence-corrected chi connectivity index (χ2v) is 4.20. The Bertz CT molecular complexity index is 309. The molecule has 0 atom stereocenters. The van der Waals surface area contributed by atoms with Crippen LogP contribution in [-0.4, -0.2) is 32.3 Å². The third-order valence-corrected chi connectivity index (χ3v) is 2.49. The third kappa shape index (κ3) is 3.12. The van der Waals surface area contributed by atoms with Crippen molar-refractivity contribution >= 4 is 33.3 Å². The summed E-state index contributed by atoms with van der Waals surface area (Å²) in [4.78, 5) is 6.18. The van der Waals surface area contributed by atoms with Crippen molar-refractivity contribution in [2.24, 2.45) is 0 Å². The molecule has 0 saturated heterocycles. The number of hydrogen-bond donors (Lipinski definition) is 0. The smallest absolute Gasteiger partial charge is 0.147 e. The number of anilines is 1. The van der Waals surface area contributed by atoms with Gasteiger partial charge in [-0.15, -0.1) is 0 Å². The lowest BCUT2D eigenvalue weighted by Gasteiger charge is -2.18. The number of methoxy groups -OCH3 is 1. The molecule has 1 heterocycles. The van der Waals surface area contributed by atoms with Crippen molar-refractivity contribution in [3.63, 3.8) is 0 Å². The molecular formula is C9H12BrClN2O. The van der Waals surface area contributed by atoms with Crippen LogP contribution in [0.25, 0.3) is 0 Å². The van der Waals surface area contributed by atoms with Crippen LogP contribution in [0.15, 0.2) is 16.7 Å². The van der Waals surface area contributed by atoms with E-state index in [2.05, 4.69) is 20.9 Å². The lowest BCUT2D eigenvalue weighted by molar-refractivity contribution is 0.206. The zero-order valence-electron chi connectivity index (χ0n) is 8.13. The molecule has 0 N–H and O–H groups in total. The van der Waals surface area contributed by atoms with E-state index in [0.29, 0.717) is 11.6 Å². The Morgan fingerprint density at radius 3 is 2.93 bits per heavy atom. The van der Waals surface area contributed by atoms with Crippen LogP contribution in [0.5, 0.6) is 0 Å². The largest absolute Gasteiger partial charge is 0.383 e. The number of nitrogens with zero attached hydrogens (tertiary/aromatic N) is 2. The third-order valence-electron chi connectivity index (χ3n) is 1.78. The minimum Gasteiger partial charge on any atom is -0.383 e. The van der Waals surface area contributed by atoms with E-state index >= 15 is 0 Å². The van der Waals surface area contributed by atoms with E-state index in [4.69, 9.17) is 16.3 Å². The van der Waals surface area contributed by atoms with Crippen molar-refractivity contribution in [3.8, 4) is 0 Å². The molecule has 0 aliphatic carbocycles. The Morgan fingerprint density at radius 2 is 2.36 bits per heavy atom. The number of pyridine rings is 1. The van der Waals surface area contributed by atoms with Crippen LogP contribution >= 0.6 is 27.5 Å². The molecule has 1 rings (SSSR count). The number of rotatable bonds is 4. The van der Waals surface area contributed by atoms with Gasteiger partial charge in [0.05, 0.1) is 11.6 Å². The molecule has 0 aliphatic heterocycles. The number of likely N-dealkylation sites (N-methyl/N-ethyl adjacent to an activating group) is 1. The lowest BCUT2D eigenvalue weighted by atomic mass is 10.4. The van der Waals surface area contributed by atoms with Gasteiger partial charge < -0.3 is 9.64 Å². The van der Waals surface area contributed by atoms with E-state index in [1.54, 1.807) is 13.3 Å². The highest BCUT2D eigenvalue weighted by atomic mass is 79.9. The van der Waals surface area contributed by atoms with E-state index in [1.165, 1.54) is 0 Å². The first-order valence-corrected chi connectivity index (χ1v) is 5.33. The predicted octanol–water partition coefficient (Wildman–Crippen LogP) is 2.58. The Hall–Kier alpha value is -0.320.